The van der Waals surface area contributed by atoms with Crippen molar-refractivity contribution in [1.29, 1.82) is 0 Å². The molecule has 0 spiro atoms. The number of hydrogen-bond donors (Lipinski definition) is 2. The molecule has 31 heavy (non-hydrogen) atoms. The molecule has 4 amide bonds. The molecule has 0 saturated carbocycles. The van der Waals surface area contributed by atoms with Gasteiger partial charge < -0.3 is 15.5 Å². The Morgan fingerprint density at radius 1 is 1.19 bits per heavy atom. The van der Waals surface area contributed by atoms with Crippen LogP contribution in [0.1, 0.15) is 30.9 Å². The van der Waals surface area contributed by atoms with Crippen LogP contribution in [0.25, 0.3) is 0 Å². The molecule has 2 unspecified atom stereocenters. The molecule has 2 aromatic rings. The summed E-state index contributed by atoms with van der Waals surface area (Å²) in [6.07, 6.45) is 5.67. The molecule has 1 aromatic carbocycles. The zero-order chi connectivity index (χ0) is 21.8. The van der Waals surface area contributed by atoms with Crippen LogP contribution in [0.2, 0.25) is 0 Å². The molecule has 0 bridgehead atoms. The molecule has 2 atom stereocenters. The topological polar surface area (TPSA) is 94.6 Å². The predicted octanol–water partition coefficient (Wildman–Crippen LogP) is 2.17. The van der Waals surface area contributed by atoms with E-state index < -0.39 is 12.1 Å². The monoisotopic (exact) mass is 421 g/mol. The van der Waals surface area contributed by atoms with Crippen molar-refractivity contribution in [3.05, 3.63) is 59.9 Å². The van der Waals surface area contributed by atoms with Crippen LogP contribution in [0.15, 0.2) is 48.8 Å². The second-order valence-corrected chi connectivity index (χ2v) is 7.93. The number of nitrogens with zero attached hydrogens (tertiary/aromatic N) is 3. The normalized spacial score (nSPS) is 21.1. The number of pyridine rings is 1. The quantitative estimate of drug-likeness (QED) is 0.746. The van der Waals surface area contributed by atoms with E-state index in [1.165, 1.54) is 4.90 Å². The molecular formula is C23H27N5O3. The molecule has 4 rings (SSSR count). The first kappa shape index (κ1) is 21.0. The lowest BCUT2D eigenvalue weighted by Gasteiger charge is -2.46. The Balaban J connectivity index is 1.53. The number of anilines is 1. The fourth-order valence-electron chi connectivity index (χ4n) is 4.24. The van der Waals surface area contributed by atoms with Gasteiger partial charge in [0.2, 0.25) is 11.8 Å². The van der Waals surface area contributed by atoms with E-state index >= 15 is 0 Å². The van der Waals surface area contributed by atoms with Crippen LogP contribution < -0.4 is 10.6 Å². The average Bonchev–Trinajstić information content (AvgIpc) is 2.80. The number of hydrogen-bond acceptors (Lipinski definition) is 5. The number of carbonyl (C=O) groups is 3. The summed E-state index contributed by atoms with van der Waals surface area (Å²) in [5.74, 6) is -0.511. The summed E-state index contributed by atoms with van der Waals surface area (Å²) in [7, 11) is 0. The van der Waals surface area contributed by atoms with Gasteiger partial charge in [0.15, 0.2) is 0 Å². The first-order valence-corrected chi connectivity index (χ1v) is 10.7. The molecule has 162 valence electrons. The van der Waals surface area contributed by atoms with Crippen LogP contribution in [-0.4, -0.2) is 57.8 Å². The van der Waals surface area contributed by atoms with Gasteiger partial charge >= 0.3 is 6.03 Å². The van der Waals surface area contributed by atoms with Crippen molar-refractivity contribution in [3.63, 3.8) is 0 Å². The lowest BCUT2D eigenvalue weighted by molar-refractivity contribution is -0.138. The first-order chi connectivity index (χ1) is 15.1. The molecule has 1 aromatic heterocycles. The van der Waals surface area contributed by atoms with Gasteiger partial charge in [0.05, 0.1) is 12.6 Å². The molecular weight excluding hydrogens is 394 g/mol. The van der Waals surface area contributed by atoms with Crippen molar-refractivity contribution in [2.75, 3.05) is 18.4 Å². The molecule has 2 N–H and O–H groups in total. The van der Waals surface area contributed by atoms with Crippen LogP contribution in [-0.2, 0) is 22.6 Å². The fourth-order valence-corrected chi connectivity index (χ4v) is 4.24. The second-order valence-electron chi connectivity index (χ2n) is 7.93. The molecule has 2 aliphatic rings. The molecule has 2 aliphatic heterocycles. The molecule has 0 radical (unpaired) electrons. The van der Waals surface area contributed by atoms with E-state index in [2.05, 4.69) is 22.5 Å². The van der Waals surface area contributed by atoms with Gasteiger partial charge in [-0.3, -0.25) is 19.5 Å². The van der Waals surface area contributed by atoms with Crippen LogP contribution in [0.4, 0.5) is 10.5 Å². The van der Waals surface area contributed by atoms with Crippen molar-refractivity contribution in [1.82, 2.24) is 20.1 Å². The lowest BCUT2D eigenvalue weighted by Crippen LogP contribution is -2.70. The van der Waals surface area contributed by atoms with E-state index in [1.54, 1.807) is 29.4 Å². The van der Waals surface area contributed by atoms with E-state index in [1.807, 2.05) is 24.3 Å². The van der Waals surface area contributed by atoms with Crippen LogP contribution in [0, 0.1) is 0 Å². The number of urea groups is 1. The second kappa shape index (κ2) is 9.26. The van der Waals surface area contributed by atoms with Gasteiger partial charge in [0.25, 0.3) is 0 Å². The number of fused-ring (bicyclic) bond motifs is 1. The Bertz CT molecular complexity index is 965. The number of carbonyl (C=O) groups excluding carboxylic acids is 3. The number of nitrogens with one attached hydrogen (secondary N) is 2. The summed E-state index contributed by atoms with van der Waals surface area (Å²) in [6.45, 7) is 2.83. The van der Waals surface area contributed by atoms with E-state index in [0.29, 0.717) is 18.7 Å². The largest absolute Gasteiger partial charge is 0.327 e. The Morgan fingerprint density at radius 3 is 2.77 bits per heavy atom. The summed E-state index contributed by atoms with van der Waals surface area (Å²) in [5, 5.41) is 6.14. The van der Waals surface area contributed by atoms with E-state index in [0.717, 1.165) is 24.0 Å². The van der Waals surface area contributed by atoms with Crippen molar-refractivity contribution < 1.29 is 14.4 Å². The number of benzene rings is 1. The Labute approximate surface area is 181 Å². The van der Waals surface area contributed by atoms with Crippen molar-refractivity contribution in [2.24, 2.45) is 0 Å². The highest BCUT2D eigenvalue weighted by atomic mass is 16.2. The van der Waals surface area contributed by atoms with Gasteiger partial charge in [-0.2, -0.15) is 0 Å². The van der Waals surface area contributed by atoms with Crippen molar-refractivity contribution in [2.45, 2.75) is 44.8 Å². The highest BCUT2D eigenvalue weighted by Gasteiger charge is 2.47. The number of piperidine rings is 1. The molecule has 8 nitrogen and oxygen atoms in total. The molecule has 8 heteroatoms. The van der Waals surface area contributed by atoms with Crippen molar-refractivity contribution >= 4 is 23.5 Å². The lowest BCUT2D eigenvalue weighted by atomic mass is 9.93. The number of aromatic nitrogens is 1. The number of aryl methyl sites for hydroxylation is 1. The maximum Gasteiger partial charge on any atom is 0.327 e. The minimum absolute atomic E-state index is 0.0990. The number of amides is 4. The van der Waals surface area contributed by atoms with Crippen LogP contribution in [0.3, 0.4) is 0 Å². The van der Waals surface area contributed by atoms with Crippen molar-refractivity contribution in [3.8, 4) is 0 Å². The van der Waals surface area contributed by atoms with Gasteiger partial charge in [-0.15, -0.1) is 0 Å². The van der Waals surface area contributed by atoms with Gasteiger partial charge in [-0.05, 0) is 61.2 Å². The minimum atomic E-state index is -0.496. The summed E-state index contributed by atoms with van der Waals surface area (Å²) >= 11 is 0. The van der Waals surface area contributed by atoms with E-state index in [9.17, 15) is 14.4 Å². The van der Waals surface area contributed by atoms with Crippen LogP contribution in [0.5, 0.6) is 0 Å². The maximum absolute atomic E-state index is 13.3. The standard InChI is InChI=1S/C23H27N5O3/c1-2-16-5-3-6-18(13-16)26-20(29)15-27-19-7-4-10-25-21(19)22(30)28(23(27)31)14-17-8-11-24-12-9-17/h3,5-6,8-9,11-13,19,21,25H,2,4,7,10,14-15H2,1H3,(H,26,29). The molecule has 2 fully saturated rings. The van der Waals surface area contributed by atoms with Gasteiger partial charge in [-0.1, -0.05) is 19.1 Å². The third-order valence-electron chi connectivity index (χ3n) is 5.86. The Hall–Kier alpha value is -3.26. The van der Waals surface area contributed by atoms with Gasteiger partial charge in [0.1, 0.15) is 12.6 Å². The van der Waals surface area contributed by atoms with E-state index in [-0.39, 0.29) is 30.9 Å². The molecule has 2 saturated heterocycles. The SMILES string of the molecule is CCc1cccc(NC(=O)CN2C(=O)N(Cc3ccncc3)C(=O)C3NCCCC32)c1. The highest BCUT2D eigenvalue weighted by molar-refractivity contribution is 6.02. The fraction of sp³-hybridized carbons (Fsp3) is 0.391. The predicted molar refractivity (Wildman–Crippen MR) is 116 cm³/mol. The van der Waals surface area contributed by atoms with Gasteiger partial charge in [-0.25, -0.2) is 4.79 Å². The molecule has 3 heterocycles. The number of rotatable bonds is 6. The zero-order valence-corrected chi connectivity index (χ0v) is 17.6. The molecule has 0 aliphatic carbocycles. The smallest absolute Gasteiger partial charge is 0.325 e. The van der Waals surface area contributed by atoms with Gasteiger partial charge in [0, 0.05) is 18.1 Å². The zero-order valence-electron chi connectivity index (χ0n) is 17.6. The third-order valence-corrected chi connectivity index (χ3v) is 5.86. The Kier molecular flexibility index (Phi) is 6.27. The Morgan fingerprint density at radius 2 is 2.00 bits per heavy atom. The highest BCUT2D eigenvalue weighted by Crippen LogP contribution is 2.26. The summed E-state index contributed by atoms with van der Waals surface area (Å²) in [6, 6.07) is 9.97. The first-order valence-electron chi connectivity index (χ1n) is 10.7. The maximum atomic E-state index is 13.3. The minimum Gasteiger partial charge on any atom is -0.325 e. The number of imide groups is 1. The third kappa shape index (κ3) is 4.59. The summed E-state index contributed by atoms with van der Waals surface area (Å²) < 4.78 is 0. The summed E-state index contributed by atoms with van der Waals surface area (Å²) in [5.41, 5.74) is 2.64. The van der Waals surface area contributed by atoms with E-state index in [4.69, 9.17) is 0 Å². The summed E-state index contributed by atoms with van der Waals surface area (Å²) in [4.78, 5) is 45.9. The van der Waals surface area contributed by atoms with Crippen LogP contribution >= 0.6 is 0 Å². The average molecular weight is 422 g/mol.